The summed E-state index contributed by atoms with van der Waals surface area (Å²) in [6.45, 7) is 10.2. The van der Waals surface area contributed by atoms with E-state index < -0.39 is 0 Å². The second kappa shape index (κ2) is 3.36. The third kappa shape index (κ3) is 1.61. The van der Waals surface area contributed by atoms with Crippen molar-refractivity contribution in [3.63, 3.8) is 0 Å². The number of allylic oxidation sites excluding steroid dienone is 1. The van der Waals surface area contributed by atoms with Crippen LogP contribution in [-0.2, 0) is 0 Å². The van der Waals surface area contributed by atoms with Gasteiger partial charge < -0.3 is 4.90 Å². The average Bonchev–Trinajstić information content (AvgIpc) is 2.26. The number of hydrogen-bond acceptors (Lipinski definition) is 1. The molecule has 1 heterocycles. The van der Waals surface area contributed by atoms with Crippen LogP contribution in [0.15, 0.2) is 12.3 Å². The lowest BCUT2D eigenvalue weighted by molar-refractivity contribution is 0.240. The molecule has 2 rings (SSSR count). The van der Waals surface area contributed by atoms with Gasteiger partial charge in [0.1, 0.15) is 0 Å². The zero-order valence-corrected chi connectivity index (χ0v) is 8.92. The van der Waals surface area contributed by atoms with E-state index in [1.54, 1.807) is 0 Å². The highest BCUT2D eigenvalue weighted by atomic mass is 15.2. The highest BCUT2D eigenvalue weighted by Crippen LogP contribution is 2.37. The van der Waals surface area contributed by atoms with Gasteiger partial charge in [0, 0.05) is 18.3 Å². The molecule has 13 heavy (non-hydrogen) atoms. The van der Waals surface area contributed by atoms with Crippen LogP contribution in [0.3, 0.4) is 0 Å². The monoisotopic (exact) mass is 179 g/mol. The van der Waals surface area contributed by atoms with E-state index in [2.05, 4.69) is 25.3 Å². The van der Waals surface area contributed by atoms with Gasteiger partial charge in [0.05, 0.1) is 0 Å². The van der Waals surface area contributed by atoms with E-state index in [4.69, 9.17) is 0 Å². The minimum Gasteiger partial charge on any atom is -0.372 e. The van der Waals surface area contributed by atoms with Crippen molar-refractivity contribution in [2.75, 3.05) is 6.54 Å². The van der Waals surface area contributed by atoms with Gasteiger partial charge in [-0.1, -0.05) is 19.9 Å². The molecule has 0 bridgehead atoms. The fourth-order valence-corrected chi connectivity index (χ4v) is 2.68. The molecule has 2 fully saturated rings. The van der Waals surface area contributed by atoms with Crippen molar-refractivity contribution in [1.82, 2.24) is 4.90 Å². The maximum Gasteiger partial charge on any atom is 0.0261 e. The molecule has 1 nitrogen and oxygen atoms in total. The Morgan fingerprint density at radius 1 is 1.31 bits per heavy atom. The van der Waals surface area contributed by atoms with Crippen LogP contribution in [0.5, 0.6) is 0 Å². The lowest BCUT2D eigenvalue weighted by Gasteiger charge is -2.36. The lowest BCUT2D eigenvalue weighted by Crippen LogP contribution is -2.32. The molecule has 0 amide bonds. The Morgan fingerprint density at radius 3 is 2.38 bits per heavy atom. The average molecular weight is 179 g/mol. The fourth-order valence-electron chi connectivity index (χ4n) is 2.68. The Labute approximate surface area is 81.8 Å². The van der Waals surface area contributed by atoms with Gasteiger partial charge in [-0.3, -0.25) is 0 Å². The van der Waals surface area contributed by atoms with Crippen LogP contribution < -0.4 is 0 Å². The molecular weight excluding hydrogens is 158 g/mol. The number of nitrogens with zero attached hydrogens (tertiary/aromatic N) is 1. The highest BCUT2D eigenvalue weighted by molar-refractivity contribution is 5.07. The zero-order chi connectivity index (χ0) is 9.42. The Balaban J connectivity index is 1.95. The first-order valence-electron chi connectivity index (χ1n) is 5.64. The van der Waals surface area contributed by atoms with E-state index in [9.17, 15) is 0 Å². The van der Waals surface area contributed by atoms with Gasteiger partial charge in [0.15, 0.2) is 0 Å². The predicted octanol–water partition coefficient (Wildman–Crippen LogP) is 3.03. The molecule has 1 heteroatoms. The van der Waals surface area contributed by atoms with Crippen molar-refractivity contribution in [1.29, 1.82) is 0 Å². The summed E-state index contributed by atoms with van der Waals surface area (Å²) in [4.78, 5) is 2.55. The minimum atomic E-state index is 0.739. The molecule has 0 N–H and O–H groups in total. The molecule has 74 valence electrons. The van der Waals surface area contributed by atoms with Crippen LogP contribution in [0.1, 0.15) is 39.5 Å². The maximum absolute atomic E-state index is 4.27. The van der Waals surface area contributed by atoms with Gasteiger partial charge in [-0.15, -0.1) is 0 Å². The van der Waals surface area contributed by atoms with Crippen molar-refractivity contribution in [2.45, 2.75) is 45.6 Å². The smallest absolute Gasteiger partial charge is 0.0261 e. The highest BCUT2D eigenvalue weighted by Gasteiger charge is 2.31. The van der Waals surface area contributed by atoms with Crippen LogP contribution in [-0.4, -0.2) is 17.5 Å². The standard InChI is InChI=1S/C12H21N/c1-9-7-10(2)13(8-9)11(3)12-5-4-6-12/h9-10,12H,3-8H2,1-2H3. The molecule has 1 saturated heterocycles. The van der Waals surface area contributed by atoms with Crippen molar-refractivity contribution in [3.05, 3.63) is 12.3 Å². The molecule has 0 aromatic heterocycles. The van der Waals surface area contributed by atoms with E-state index in [1.807, 2.05) is 0 Å². The predicted molar refractivity (Wildman–Crippen MR) is 56.4 cm³/mol. The quantitative estimate of drug-likeness (QED) is 0.630. The van der Waals surface area contributed by atoms with Crippen LogP contribution in [0.4, 0.5) is 0 Å². The Kier molecular flexibility index (Phi) is 2.35. The van der Waals surface area contributed by atoms with Gasteiger partial charge in [-0.2, -0.15) is 0 Å². The molecule has 2 aliphatic rings. The lowest BCUT2D eigenvalue weighted by atomic mass is 9.82. The normalized spacial score (nSPS) is 34.8. The van der Waals surface area contributed by atoms with E-state index in [-0.39, 0.29) is 0 Å². The summed E-state index contributed by atoms with van der Waals surface area (Å²) < 4.78 is 0. The van der Waals surface area contributed by atoms with E-state index in [1.165, 1.54) is 37.9 Å². The van der Waals surface area contributed by atoms with Gasteiger partial charge in [0.2, 0.25) is 0 Å². The summed E-state index contributed by atoms with van der Waals surface area (Å²) in [5.74, 6) is 1.69. The fraction of sp³-hybridized carbons (Fsp3) is 0.833. The Bertz CT molecular complexity index is 205. The van der Waals surface area contributed by atoms with Crippen molar-refractivity contribution in [2.24, 2.45) is 11.8 Å². The molecular formula is C12H21N. The summed E-state index contributed by atoms with van der Waals surface area (Å²) in [6.07, 6.45) is 5.54. The molecule has 1 aliphatic carbocycles. The molecule has 0 radical (unpaired) electrons. The number of hydrogen-bond donors (Lipinski definition) is 0. The van der Waals surface area contributed by atoms with E-state index >= 15 is 0 Å². The first-order valence-corrected chi connectivity index (χ1v) is 5.64. The van der Waals surface area contributed by atoms with Crippen molar-refractivity contribution < 1.29 is 0 Å². The number of rotatable bonds is 2. The van der Waals surface area contributed by atoms with Gasteiger partial charge in [-0.25, -0.2) is 0 Å². The summed E-state index contributed by atoms with van der Waals surface area (Å²) in [7, 11) is 0. The van der Waals surface area contributed by atoms with Crippen molar-refractivity contribution in [3.8, 4) is 0 Å². The second-order valence-corrected chi connectivity index (χ2v) is 4.96. The first-order chi connectivity index (χ1) is 6.18. The zero-order valence-electron chi connectivity index (χ0n) is 8.92. The van der Waals surface area contributed by atoms with Crippen LogP contribution in [0, 0.1) is 11.8 Å². The molecule has 0 aromatic carbocycles. The Morgan fingerprint density at radius 2 is 2.00 bits per heavy atom. The Hall–Kier alpha value is -0.460. The topological polar surface area (TPSA) is 3.24 Å². The third-order valence-electron chi connectivity index (χ3n) is 3.73. The van der Waals surface area contributed by atoms with Crippen LogP contribution in [0.2, 0.25) is 0 Å². The second-order valence-electron chi connectivity index (χ2n) is 4.96. The molecule has 2 unspecified atom stereocenters. The molecule has 0 spiro atoms. The van der Waals surface area contributed by atoms with Gasteiger partial charge in [0.25, 0.3) is 0 Å². The molecule has 1 saturated carbocycles. The van der Waals surface area contributed by atoms with E-state index in [0.29, 0.717) is 0 Å². The first kappa shape index (κ1) is 9.11. The minimum absolute atomic E-state index is 0.739. The van der Waals surface area contributed by atoms with Gasteiger partial charge >= 0.3 is 0 Å². The summed E-state index contributed by atoms with van der Waals surface area (Å²) in [5, 5.41) is 0. The maximum atomic E-state index is 4.27. The van der Waals surface area contributed by atoms with Crippen LogP contribution in [0.25, 0.3) is 0 Å². The number of likely N-dealkylation sites (tertiary alicyclic amines) is 1. The molecule has 2 atom stereocenters. The molecule has 1 aliphatic heterocycles. The van der Waals surface area contributed by atoms with Crippen molar-refractivity contribution >= 4 is 0 Å². The SMILES string of the molecule is C=C(C1CCC1)N1CC(C)CC1C. The van der Waals surface area contributed by atoms with Crippen LogP contribution >= 0.6 is 0 Å². The summed E-state index contributed by atoms with van der Waals surface area (Å²) in [6, 6.07) is 0.739. The summed E-state index contributed by atoms with van der Waals surface area (Å²) in [5.41, 5.74) is 1.43. The summed E-state index contributed by atoms with van der Waals surface area (Å²) >= 11 is 0. The van der Waals surface area contributed by atoms with Gasteiger partial charge in [-0.05, 0) is 38.0 Å². The third-order valence-corrected chi connectivity index (χ3v) is 3.73. The largest absolute Gasteiger partial charge is 0.372 e. The van der Waals surface area contributed by atoms with E-state index in [0.717, 1.165) is 17.9 Å². The molecule has 0 aromatic rings.